The van der Waals surface area contributed by atoms with Crippen LogP contribution in [0.1, 0.15) is 10.4 Å². The first-order valence-electron chi connectivity index (χ1n) is 5.24. The first-order chi connectivity index (χ1) is 8.65. The fraction of sp³-hybridized carbons (Fsp3) is 0.0714. The number of carbonyl (C=O) groups is 1. The predicted octanol–water partition coefficient (Wildman–Crippen LogP) is 3.97. The fourth-order valence-corrected chi connectivity index (χ4v) is 1.91. The van der Waals surface area contributed by atoms with E-state index in [9.17, 15) is 9.18 Å². The summed E-state index contributed by atoms with van der Waals surface area (Å²) in [5.41, 5.74) is 1.66. The lowest BCUT2D eigenvalue weighted by Gasteiger charge is -2.08. The molecule has 0 aliphatic heterocycles. The highest BCUT2D eigenvalue weighted by Gasteiger charge is 2.09. The molecule has 2 rings (SSSR count). The molecule has 0 spiro atoms. The normalized spacial score (nSPS) is 10.2. The molecule has 0 aromatic heterocycles. The molecule has 0 saturated carbocycles. The van der Waals surface area contributed by atoms with E-state index in [2.05, 4.69) is 0 Å². The number of rotatable bonds is 3. The number of carbonyl (C=O) groups excluding carboxylic acids is 1. The van der Waals surface area contributed by atoms with E-state index in [0.717, 1.165) is 0 Å². The fourth-order valence-electron chi connectivity index (χ4n) is 1.73. The van der Waals surface area contributed by atoms with Crippen LogP contribution in [0.5, 0.6) is 5.75 Å². The average molecular weight is 265 g/mol. The molecule has 18 heavy (non-hydrogen) atoms. The average Bonchev–Trinajstić information content (AvgIpc) is 2.38. The van der Waals surface area contributed by atoms with Crippen LogP contribution in [0.25, 0.3) is 11.1 Å². The molecule has 0 aliphatic rings. The third kappa shape index (κ3) is 2.36. The Morgan fingerprint density at radius 3 is 2.61 bits per heavy atom. The van der Waals surface area contributed by atoms with E-state index in [1.165, 1.54) is 19.2 Å². The van der Waals surface area contributed by atoms with E-state index in [1.807, 2.05) is 0 Å². The molecule has 0 N–H and O–H groups in total. The van der Waals surface area contributed by atoms with Gasteiger partial charge in [-0.25, -0.2) is 4.39 Å². The monoisotopic (exact) mass is 264 g/mol. The summed E-state index contributed by atoms with van der Waals surface area (Å²) >= 11 is 5.81. The standard InChI is InChI=1S/C14H10ClFO2/c1-18-14-5-2-9(7-13(14)16)12-4-3-11(15)6-10(12)8-17/h2-8H,1H3. The highest BCUT2D eigenvalue weighted by Crippen LogP contribution is 2.29. The van der Waals surface area contributed by atoms with Crippen LogP contribution in [0.2, 0.25) is 5.02 Å². The number of hydrogen-bond donors (Lipinski definition) is 0. The van der Waals surface area contributed by atoms with Crippen LogP contribution < -0.4 is 4.74 Å². The lowest BCUT2D eigenvalue weighted by molar-refractivity contribution is 0.112. The Balaban J connectivity index is 2.55. The Morgan fingerprint density at radius 2 is 2.00 bits per heavy atom. The molecule has 0 aliphatic carbocycles. The molecule has 0 amide bonds. The summed E-state index contributed by atoms with van der Waals surface area (Å²) in [6, 6.07) is 9.44. The van der Waals surface area contributed by atoms with Gasteiger partial charge in [0.15, 0.2) is 17.9 Å². The van der Waals surface area contributed by atoms with Gasteiger partial charge in [0.05, 0.1) is 7.11 Å². The maximum atomic E-state index is 13.6. The molecule has 0 heterocycles. The van der Waals surface area contributed by atoms with Crippen molar-refractivity contribution < 1.29 is 13.9 Å². The minimum absolute atomic E-state index is 0.167. The van der Waals surface area contributed by atoms with Crippen molar-refractivity contribution >= 4 is 17.9 Å². The van der Waals surface area contributed by atoms with Gasteiger partial charge in [-0.2, -0.15) is 0 Å². The SMILES string of the molecule is COc1ccc(-c2ccc(Cl)cc2C=O)cc1F. The highest BCUT2D eigenvalue weighted by molar-refractivity contribution is 6.31. The molecule has 0 unspecified atom stereocenters. The van der Waals surface area contributed by atoms with Gasteiger partial charge in [-0.1, -0.05) is 23.7 Å². The van der Waals surface area contributed by atoms with E-state index < -0.39 is 5.82 Å². The Hall–Kier alpha value is -1.87. The van der Waals surface area contributed by atoms with Crippen molar-refractivity contribution in [2.75, 3.05) is 7.11 Å². The van der Waals surface area contributed by atoms with Gasteiger partial charge in [-0.3, -0.25) is 4.79 Å². The van der Waals surface area contributed by atoms with Gasteiger partial charge < -0.3 is 4.74 Å². The zero-order valence-corrected chi connectivity index (χ0v) is 10.4. The van der Waals surface area contributed by atoms with E-state index in [4.69, 9.17) is 16.3 Å². The zero-order valence-electron chi connectivity index (χ0n) is 9.61. The van der Waals surface area contributed by atoms with Crippen molar-refractivity contribution in [2.45, 2.75) is 0 Å². The molecule has 0 bridgehead atoms. The molecule has 0 atom stereocenters. The smallest absolute Gasteiger partial charge is 0.165 e. The molecule has 2 nitrogen and oxygen atoms in total. The second-order valence-electron chi connectivity index (χ2n) is 3.70. The van der Waals surface area contributed by atoms with E-state index in [0.29, 0.717) is 28.0 Å². The van der Waals surface area contributed by atoms with Crippen LogP contribution in [-0.4, -0.2) is 13.4 Å². The molecule has 0 saturated heterocycles. The van der Waals surface area contributed by atoms with Crippen molar-refractivity contribution in [2.24, 2.45) is 0 Å². The lowest BCUT2D eigenvalue weighted by Crippen LogP contribution is -1.91. The second kappa shape index (κ2) is 5.19. The van der Waals surface area contributed by atoms with Crippen molar-refractivity contribution in [3.05, 3.63) is 52.8 Å². The Kier molecular flexibility index (Phi) is 3.63. The lowest BCUT2D eigenvalue weighted by atomic mass is 10.0. The van der Waals surface area contributed by atoms with Gasteiger partial charge in [0.1, 0.15) is 0 Å². The molecule has 0 fully saturated rings. The summed E-state index contributed by atoms with van der Waals surface area (Å²) in [7, 11) is 1.40. The highest BCUT2D eigenvalue weighted by atomic mass is 35.5. The second-order valence-corrected chi connectivity index (χ2v) is 4.14. The minimum Gasteiger partial charge on any atom is -0.494 e. The van der Waals surface area contributed by atoms with Crippen molar-refractivity contribution in [3.8, 4) is 16.9 Å². The van der Waals surface area contributed by atoms with Crippen molar-refractivity contribution in [1.82, 2.24) is 0 Å². The van der Waals surface area contributed by atoms with Crippen molar-refractivity contribution in [3.63, 3.8) is 0 Å². The minimum atomic E-state index is -0.471. The van der Waals surface area contributed by atoms with E-state index >= 15 is 0 Å². The molecule has 2 aromatic carbocycles. The Morgan fingerprint density at radius 1 is 1.22 bits per heavy atom. The third-order valence-corrected chi connectivity index (χ3v) is 2.84. The van der Waals surface area contributed by atoms with Gasteiger partial charge in [-0.05, 0) is 35.4 Å². The summed E-state index contributed by atoms with van der Waals surface area (Å²) in [6.07, 6.45) is 0.698. The predicted molar refractivity (Wildman–Crippen MR) is 68.8 cm³/mol. The molecular weight excluding hydrogens is 255 g/mol. The first kappa shape index (κ1) is 12.6. The zero-order chi connectivity index (χ0) is 13.1. The van der Waals surface area contributed by atoms with Crippen LogP contribution in [0, 0.1) is 5.82 Å². The molecule has 4 heteroatoms. The Labute approximate surface area is 109 Å². The Bertz CT molecular complexity index is 596. The number of methoxy groups -OCH3 is 1. The summed E-state index contributed by atoms with van der Waals surface area (Å²) in [5, 5.41) is 0.467. The summed E-state index contributed by atoms with van der Waals surface area (Å²) < 4.78 is 18.5. The van der Waals surface area contributed by atoms with Crippen LogP contribution in [-0.2, 0) is 0 Å². The summed E-state index contributed by atoms with van der Waals surface area (Å²) in [6.45, 7) is 0. The summed E-state index contributed by atoms with van der Waals surface area (Å²) in [5.74, 6) is -0.304. The van der Waals surface area contributed by atoms with Crippen LogP contribution in [0.4, 0.5) is 4.39 Å². The van der Waals surface area contributed by atoms with Crippen LogP contribution in [0.15, 0.2) is 36.4 Å². The maximum Gasteiger partial charge on any atom is 0.165 e. The molecule has 92 valence electrons. The molecule has 2 aromatic rings. The van der Waals surface area contributed by atoms with Gasteiger partial charge in [0.2, 0.25) is 0 Å². The topological polar surface area (TPSA) is 26.3 Å². The number of benzene rings is 2. The first-order valence-corrected chi connectivity index (χ1v) is 5.62. The van der Waals surface area contributed by atoms with Gasteiger partial charge in [0, 0.05) is 10.6 Å². The number of hydrogen-bond acceptors (Lipinski definition) is 2. The molecular formula is C14H10ClFO2. The van der Waals surface area contributed by atoms with Crippen molar-refractivity contribution in [1.29, 1.82) is 0 Å². The van der Waals surface area contributed by atoms with Gasteiger partial charge in [-0.15, -0.1) is 0 Å². The van der Waals surface area contributed by atoms with Gasteiger partial charge >= 0.3 is 0 Å². The quantitative estimate of drug-likeness (QED) is 0.784. The number of ether oxygens (including phenoxy) is 1. The van der Waals surface area contributed by atoms with Crippen LogP contribution >= 0.6 is 11.6 Å². The number of aldehydes is 1. The third-order valence-electron chi connectivity index (χ3n) is 2.60. The van der Waals surface area contributed by atoms with Gasteiger partial charge in [0.25, 0.3) is 0 Å². The number of halogens is 2. The summed E-state index contributed by atoms with van der Waals surface area (Å²) in [4.78, 5) is 11.0. The largest absolute Gasteiger partial charge is 0.494 e. The maximum absolute atomic E-state index is 13.6. The van der Waals surface area contributed by atoms with Crippen LogP contribution in [0.3, 0.4) is 0 Å². The van der Waals surface area contributed by atoms with E-state index in [-0.39, 0.29) is 5.75 Å². The molecule has 0 radical (unpaired) electrons. The van der Waals surface area contributed by atoms with E-state index in [1.54, 1.807) is 24.3 Å².